The second-order valence-corrected chi connectivity index (χ2v) is 5.14. The van der Waals surface area contributed by atoms with E-state index in [1.54, 1.807) is 31.4 Å². The van der Waals surface area contributed by atoms with E-state index in [0.29, 0.717) is 24.3 Å². The fourth-order valence-electron chi connectivity index (χ4n) is 2.20. The third-order valence-corrected chi connectivity index (χ3v) is 3.31. The van der Waals surface area contributed by atoms with Gasteiger partial charge in [0, 0.05) is 18.2 Å². The van der Waals surface area contributed by atoms with Crippen LogP contribution in [-0.2, 0) is 16.0 Å². The Labute approximate surface area is 140 Å². The van der Waals surface area contributed by atoms with Crippen LogP contribution in [0.2, 0.25) is 0 Å². The number of hydrogen-bond acceptors (Lipinski definition) is 4. The Balaban J connectivity index is 1.90. The van der Waals surface area contributed by atoms with Crippen LogP contribution in [0.4, 0.5) is 5.69 Å². The smallest absolute Gasteiger partial charge is 0.255 e. The largest absolute Gasteiger partial charge is 0.496 e. The van der Waals surface area contributed by atoms with Gasteiger partial charge in [-0.3, -0.25) is 9.59 Å². The molecule has 2 amide bonds. The maximum atomic E-state index is 12.1. The van der Waals surface area contributed by atoms with Gasteiger partial charge in [-0.1, -0.05) is 24.3 Å². The number of rotatable bonds is 8. The van der Waals surface area contributed by atoms with Crippen LogP contribution in [-0.4, -0.2) is 25.5 Å². The number of carbonyl (C=O) groups is 2. The van der Waals surface area contributed by atoms with E-state index < -0.39 is 5.91 Å². The summed E-state index contributed by atoms with van der Waals surface area (Å²) in [7, 11) is 1.61. The Morgan fingerprint density at radius 1 is 1.12 bits per heavy atom. The molecule has 0 aromatic heterocycles. The zero-order valence-electron chi connectivity index (χ0n) is 13.5. The first-order chi connectivity index (χ1) is 11.6. The molecule has 0 saturated carbocycles. The zero-order valence-corrected chi connectivity index (χ0v) is 13.5. The highest BCUT2D eigenvalue weighted by Crippen LogP contribution is 2.20. The minimum atomic E-state index is -0.554. The van der Waals surface area contributed by atoms with Gasteiger partial charge in [0.25, 0.3) is 5.91 Å². The molecule has 24 heavy (non-hydrogen) atoms. The molecule has 0 spiro atoms. The van der Waals surface area contributed by atoms with Gasteiger partial charge in [0.2, 0.25) is 5.91 Å². The molecule has 0 atom stereocenters. The molecule has 0 fully saturated rings. The van der Waals surface area contributed by atoms with Crippen molar-refractivity contribution >= 4 is 17.5 Å². The fourth-order valence-corrected chi connectivity index (χ4v) is 2.20. The van der Waals surface area contributed by atoms with Gasteiger partial charge in [0.1, 0.15) is 11.5 Å². The van der Waals surface area contributed by atoms with Crippen molar-refractivity contribution in [2.24, 2.45) is 5.73 Å². The molecule has 0 aliphatic rings. The maximum absolute atomic E-state index is 12.1. The predicted octanol–water partition coefficient (Wildman–Crippen LogP) is 2.13. The van der Waals surface area contributed by atoms with E-state index in [-0.39, 0.29) is 12.5 Å². The van der Waals surface area contributed by atoms with Crippen molar-refractivity contribution in [3.8, 4) is 11.5 Å². The van der Waals surface area contributed by atoms with Crippen molar-refractivity contribution in [2.45, 2.75) is 12.8 Å². The zero-order chi connectivity index (χ0) is 17.4. The summed E-state index contributed by atoms with van der Waals surface area (Å²) in [5, 5.41) is 2.80. The molecule has 2 aromatic rings. The van der Waals surface area contributed by atoms with Crippen molar-refractivity contribution in [1.82, 2.24) is 0 Å². The van der Waals surface area contributed by atoms with Crippen molar-refractivity contribution in [2.75, 3.05) is 19.0 Å². The third kappa shape index (κ3) is 5.31. The van der Waals surface area contributed by atoms with E-state index in [1.165, 1.54) is 0 Å². The lowest BCUT2D eigenvalue weighted by molar-refractivity contribution is -0.120. The van der Waals surface area contributed by atoms with Crippen LogP contribution in [0.15, 0.2) is 48.5 Å². The number of amides is 2. The first-order valence-corrected chi connectivity index (χ1v) is 7.51. The first kappa shape index (κ1) is 17.3. The van der Waals surface area contributed by atoms with E-state index >= 15 is 0 Å². The van der Waals surface area contributed by atoms with E-state index in [9.17, 15) is 9.59 Å². The molecule has 0 saturated heterocycles. The van der Waals surface area contributed by atoms with Gasteiger partial charge in [-0.05, 0) is 30.2 Å². The minimum Gasteiger partial charge on any atom is -0.496 e. The molecule has 6 nitrogen and oxygen atoms in total. The van der Waals surface area contributed by atoms with Gasteiger partial charge in [0.05, 0.1) is 7.11 Å². The Bertz CT molecular complexity index is 716. The van der Waals surface area contributed by atoms with E-state index in [4.69, 9.17) is 15.2 Å². The summed E-state index contributed by atoms with van der Waals surface area (Å²) in [4.78, 5) is 22.8. The lowest BCUT2D eigenvalue weighted by Gasteiger charge is -2.10. The van der Waals surface area contributed by atoms with Crippen molar-refractivity contribution < 1.29 is 19.1 Å². The molecular formula is C18H20N2O4. The van der Waals surface area contributed by atoms with E-state index in [0.717, 1.165) is 11.3 Å². The van der Waals surface area contributed by atoms with Crippen molar-refractivity contribution in [3.05, 3.63) is 54.1 Å². The Hall–Kier alpha value is -3.02. The summed E-state index contributed by atoms with van der Waals surface area (Å²) in [6.45, 7) is -0.203. The highest BCUT2D eigenvalue weighted by molar-refractivity contribution is 5.91. The number of nitrogens with two attached hydrogens (primary N) is 1. The molecule has 0 radical (unpaired) electrons. The number of primary amides is 1. The normalized spacial score (nSPS) is 10.0. The number of anilines is 1. The quantitative estimate of drug-likeness (QED) is 0.776. The predicted molar refractivity (Wildman–Crippen MR) is 91.1 cm³/mol. The number of benzene rings is 2. The third-order valence-electron chi connectivity index (χ3n) is 3.31. The van der Waals surface area contributed by atoms with Gasteiger partial charge in [-0.15, -0.1) is 0 Å². The average molecular weight is 328 g/mol. The van der Waals surface area contributed by atoms with E-state index in [2.05, 4.69) is 5.32 Å². The Morgan fingerprint density at radius 3 is 2.67 bits per heavy atom. The van der Waals surface area contributed by atoms with Gasteiger partial charge in [0.15, 0.2) is 6.61 Å². The van der Waals surface area contributed by atoms with E-state index in [1.807, 2.05) is 24.3 Å². The average Bonchev–Trinajstić information content (AvgIpc) is 2.58. The summed E-state index contributed by atoms with van der Waals surface area (Å²) >= 11 is 0. The molecule has 0 bridgehead atoms. The Kier molecular flexibility index (Phi) is 6.19. The molecule has 0 aliphatic carbocycles. The van der Waals surface area contributed by atoms with Crippen LogP contribution in [0.3, 0.4) is 0 Å². The first-order valence-electron chi connectivity index (χ1n) is 7.51. The minimum absolute atomic E-state index is 0.118. The molecular weight excluding hydrogens is 308 g/mol. The van der Waals surface area contributed by atoms with Crippen LogP contribution < -0.4 is 20.5 Å². The summed E-state index contributed by atoms with van der Waals surface area (Å²) in [5.41, 5.74) is 6.61. The molecule has 2 aromatic carbocycles. The lowest BCUT2D eigenvalue weighted by atomic mass is 10.1. The SMILES string of the molecule is COc1ccccc1CCC(=O)Nc1cccc(OCC(N)=O)c1. The summed E-state index contributed by atoms with van der Waals surface area (Å²) in [6.07, 6.45) is 0.903. The second kappa shape index (κ2) is 8.57. The number of nitrogens with one attached hydrogen (secondary N) is 1. The number of para-hydroxylation sites is 1. The highest BCUT2D eigenvalue weighted by atomic mass is 16.5. The second-order valence-electron chi connectivity index (χ2n) is 5.14. The lowest BCUT2D eigenvalue weighted by Crippen LogP contribution is -2.20. The molecule has 126 valence electrons. The highest BCUT2D eigenvalue weighted by Gasteiger charge is 2.07. The number of aryl methyl sites for hydroxylation is 1. The van der Waals surface area contributed by atoms with Crippen LogP contribution in [0.5, 0.6) is 11.5 Å². The summed E-state index contributed by atoms with van der Waals surface area (Å²) < 4.78 is 10.5. The number of carbonyl (C=O) groups excluding carboxylic acids is 2. The summed E-state index contributed by atoms with van der Waals surface area (Å²) in [5.74, 6) is 0.567. The molecule has 0 heterocycles. The monoisotopic (exact) mass is 328 g/mol. The van der Waals surface area contributed by atoms with Crippen LogP contribution in [0.1, 0.15) is 12.0 Å². The van der Waals surface area contributed by atoms with Gasteiger partial charge in [-0.25, -0.2) is 0 Å². The molecule has 2 rings (SSSR count). The molecule has 6 heteroatoms. The number of hydrogen-bond donors (Lipinski definition) is 2. The molecule has 0 aliphatic heterocycles. The topological polar surface area (TPSA) is 90.7 Å². The maximum Gasteiger partial charge on any atom is 0.255 e. The summed E-state index contributed by atoms with van der Waals surface area (Å²) in [6, 6.07) is 14.4. The van der Waals surface area contributed by atoms with Gasteiger partial charge in [-0.2, -0.15) is 0 Å². The number of ether oxygens (including phenoxy) is 2. The standard InChI is InChI=1S/C18H20N2O4/c1-23-16-8-3-2-5-13(16)9-10-18(22)20-14-6-4-7-15(11-14)24-12-17(19)21/h2-8,11H,9-10,12H2,1H3,(H2,19,21)(H,20,22). The van der Waals surface area contributed by atoms with Gasteiger partial charge >= 0.3 is 0 Å². The van der Waals surface area contributed by atoms with Crippen molar-refractivity contribution in [3.63, 3.8) is 0 Å². The van der Waals surface area contributed by atoms with Crippen LogP contribution >= 0.6 is 0 Å². The van der Waals surface area contributed by atoms with Crippen molar-refractivity contribution in [1.29, 1.82) is 0 Å². The van der Waals surface area contributed by atoms with Gasteiger partial charge < -0.3 is 20.5 Å². The number of methoxy groups -OCH3 is 1. The fraction of sp³-hybridized carbons (Fsp3) is 0.222. The molecule has 0 unspecified atom stereocenters. The van der Waals surface area contributed by atoms with Crippen LogP contribution in [0.25, 0.3) is 0 Å². The molecule has 3 N–H and O–H groups in total. The Morgan fingerprint density at radius 2 is 1.92 bits per heavy atom. The van der Waals surface area contributed by atoms with Crippen LogP contribution in [0, 0.1) is 0 Å².